The molecule has 2 amide bonds. The Kier molecular flexibility index (Phi) is 5.84. The van der Waals surface area contributed by atoms with E-state index in [9.17, 15) is 19.5 Å². The minimum Gasteiger partial charge on any atom is -0.507 e. The molecule has 0 saturated carbocycles. The van der Waals surface area contributed by atoms with Gasteiger partial charge in [-0.05, 0) is 33.5 Å². The van der Waals surface area contributed by atoms with Gasteiger partial charge in [0.25, 0.3) is 17.6 Å². The van der Waals surface area contributed by atoms with Crippen molar-refractivity contribution in [2.24, 2.45) is 0 Å². The number of likely N-dealkylation sites (N-methyl/N-ethyl adjacent to an activating group) is 1. The first-order chi connectivity index (χ1) is 15.7. The van der Waals surface area contributed by atoms with Gasteiger partial charge in [0, 0.05) is 30.8 Å². The zero-order valence-corrected chi connectivity index (χ0v) is 19.5. The van der Waals surface area contributed by atoms with Crippen molar-refractivity contribution < 1.29 is 19.5 Å². The van der Waals surface area contributed by atoms with E-state index < -0.39 is 17.2 Å². The highest BCUT2D eigenvalue weighted by molar-refractivity contribution is 6.50. The molecule has 2 aromatic rings. The number of carbonyl (C=O) groups excluding carboxylic acids is 3. The Bertz CT molecular complexity index is 1150. The Balaban J connectivity index is 2.04. The smallest absolute Gasteiger partial charge is 0.296 e. The molecule has 0 bridgehead atoms. The molecule has 2 aromatic carbocycles. The molecule has 4 rings (SSSR count). The monoisotopic (exact) mass is 447 g/mol. The number of para-hydroxylation sites is 1. The number of ketones is 1. The molecule has 2 aliphatic rings. The summed E-state index contributed by atoms with van der Waals surface area (Å²) in [5.41, 5.74) is 0.747. The van der Waals surface area contributed by atoms with E-state index in [4.69, 9.17) is 0 Å². The van der Waals surface area contributed by atoms with E-state index in [1.807, 2.05) is 57.1 Å². The van der Waals surface area contributed by atoms with Crippen LogP contribution in [0, 0.1) is 6.92 Å². The van der Waals surface area contributed by atoms with Crippen molar-refractivity contribution in [3.05, 3.63) is 70.8 Å². The molecule has 1 unspecified atom stereocenters. The van der Waals surface area contributed by atoms with Crippen molar-refractivity contribution in [3.8, 4) is 0 Å². The number of amides is 2. The third kappa shape index (κ3) is 3.35. The van der Waals surface area contributed by atoms with Gasteiger partial charge in [0.2, 0.25) is 0 Å². The molecule has 7 nitrogen and oxygen atoms in total. The summed E-state index contributed by atoms with van der Waals surface area (Å²) >= 11 is 0. The summed E-state index contributed by atoms with van der Waals surface area (Å²) in [7, 11) is 3.73. The first-order valence-corrected chi connectivity index (χ1v) is 11.2. The molecule has 2 aliphatic heterocycles. The SMILES string of the molecule is CCCN1C(=O)C2(/C(=C(/O)c3ccc(C)cc3)C(=O)C(=O)N2CCN(C)C)c2ccccc21. The number of aliphatic hydroxyl groups excluding tert-OH is 1. The maximum absolute atomic E-state index is 14.1. The summed E-state index contributed by atoms with van der Waals surface area (Å²) in [4.78, 5) is 45.8. The van der Waals surface area contributed by atoms with Crippen molar-refractivity contribution >= 4 is 29.0 Å². The van der Waals surface area contributed by atoms with Crippen LogP contribution in [-0.4, -0.2) is 66.2 Å². The normalized spacial score (nSPS) is 21.5. The quantitative estimate of drug-likeness (QED) is 0.418. The fourth-order valence-electron chi connectivity index (χ4n) is 4.77. The van der Waals surface area contributed by atoms with Crippen molar-refractivity contribution in [2.75, 3.05) is 38.6 Å². The first kappa shape index (κ1) is 22.7. The van der Waals surface area contributed by atoms with Crippen molar-refractivity contribution in [1.29, 1.82) is 0 Å². The van der Waals surface area contributed by atoms with E-state index in [1.165, 1.54) is 4.90 Å². The van der Waals surface area contributed by atoms with Gasteiger partial charge in [-0.1, -0.05) is 55.0 Å². The van der Waals surface area contributed by atoms with E-state index in [0.717, 1.165) is 5.56 Å². The molecule has 2 heterocycles. The molecule has 0 aliphatic carbocycles. The standard InChI is InChI=1S/C26H29N3O4/c1-5-14-28-20-9-7-6-8-19(20)26(25(28)33)21(22(30)18-12-10-17(2)11-13-18)23(31)24(32)29(26)16-15-27(3)4/h6-13,30H,5,14-16H2,1-4H3/b22-21+. The second kappa shape index (κ2) is 8.48. The summed E-state index contributed by atoms with van der Waals surface area (Å²) in [5.74, 6) is -2.32. The molecule has 1 atom stereocenters. The number of rotatable bonds is 6. The third-order valence-electron chi connectivity index (χ3n) is 6.35. The third-order valence-corrected chi connectivity index (χ3v) is 6.35. The highest BCUT2D eigenvalue weighted by atomic mass is 16.3. The number of aryl methyl sites for hydroxylation is 1. The number of hydrogen-bond acceptors (Lipinski definition) is 5. The van der Waals surface area contributed by atoms with Crippen LogP contribution in [0.2, 0.25) is 0 Å². The van der Waals surface area contributed by atoms with Crippen molar-refractivity contribution in [2.45, 2.75) is 25.8 Å². The minimum absolute atomic E-state index is 0.161. The van der Waals surface area contributed by atoms with Gasteiger partial charge in [0.05, 0.1) is 11.3 Å². The second-order valence-corrected chi connectivity index (χ2v) is 8.86. The van der Waals surface area contributed by atoms with E-state index in [1.54, 1.807) is 29.2 Å². The lowest BCUT2D eigenvalue weighted by atomic mass is 9.82. The molecular weight excluding hydrogens is 418 g/mol. The number of nitrogens with zero attached hydrogens (tertiary/aromatic N) is 3. The predicted molar refractivity (Wildman–Crippen MR) is 127 cm³/mol. The summed E-state index contributed by atoms with van der Waals surface area (Å²) in [5, 5.41) is 11.4. The Morgan fingerprint density at radius 1 is 1.00 bits per heavy atom. The van der Waals surface area contributed by atoms with Crippen LogP contribution >= 0.6 is 0 Å². The predicted octanol–water partition coefficient (Wildman–Crippen LogP) is 2.89. The molecule has 172 valence electrons. The average molecular weight is 448 g/mol. The lowest BCUT2D eigenvalue weighted by Crippen LogP contribution is -2.53. The number of fused-ring (bicyclic) bond motifs is 2. The highest BCUT2D eigenvalue weighted by Gasteiger charge is 2.66. The fraction of sp³-hybridized carbons (Fsp3) is 0.346. The summed E-state index contributed by atoms with van der Waals surface area (Å²) < 4.78 is 0. The number of likely N-dealkylation sites (tertiary alicyclic amines) is 1. The van der Waals surface area contributed by atoms with Crippen LogP contribution in [0.4, 0.5) is 5.69 Å². The molecule has 1 N–H and O–H groups in total. The number of hydrogen-bond donors (Lipinski definition) is 1. The lowest BCUT2D eigenvalue weighted by molar-refractivity contribution is -0.143. The van der Waals surface area contributed by atoms with Crippen molar-refractivity contribution in [3.63, 3.8) is 0 Å². The largest absolute Gasteiger partial charge is 0.507 e. The summed E-state index contributed by atoms with van der Waals surface area (Å²) in [6, 6.07) is 14.3. The molecule has 0 radical (unpaired) electrons. The number of anilines is 1. The van der Waals surface area contributed by atoms with E-state index in [-0.39, 0.29) is 23.8 Å². The van der Waals surface area contributed by atoms with Crippen LogP contribution < -0.4 is 4.90 Å². The summed E-state index contributed by atoms with van der Waals surface area (Å²) in [6.45, 7) is 4.96. The van der Waals surface area contributed by atoms with Crippen LogP contribution in [0.5, 0.6) is 0 Å². The molecule has 33 heavy (non-hydrogen) atoms. The van der Waals surface area contributed by atoms with Gasteiger partial charge in [0.1, 0.15) is 5.76 Å². The summed E-state index contributed by atoms with van der Waals surface area (Å²) in [6.07, 6.45) is 0.707. The number of aliphatic hydroxyl groups is 1. The Morgan fingerprint density at radius 2 is 1.67 bits per heavy atom. The molecule has 1 fully saturated rings. The highest BCUT2D eigenvalue weighted by Crippen LogP contribution is 2.53. The van der Waals surface area contributed by atoms with Crippen LogP contribution in [-0.2, 0) is 19.9 Å². The Hall–Kier alpha value is -3.45. The zero-order valence-electron chi connectivity index (χ0n) is 19.5. The molecule has 0 aromatic heterocycles. The lowest BCUT2D eigenvalue weighted by Gasteiger charge is -2.35. The van der Waals surface area contributed by atoms with Gasteiger partial charge in [-0.15, -0.1) is 0 Å². The van der Waals surface area contributed by atoms with Gasteiger partial charge in [0.15, 0.2) is 5.54 Å². The maximum atomic E-state index is 14.1. The Morgan fingerprint density at radius 3 is 2.30 bits per heavy atom. The van der Waals surface area contributed by atoms with Crippen LogP contribution in [0.15, 0.2) is 54.1 Å². The van der Waals surface area contributed by atoms with E-state index in [0.29, 0.717) is 36.3 Å². The minimum atomic E-state index is -1.69. The zero-order chi connectivity index (χ0) is 23.9. The first-order valence-electron chi connectivity index (χ1n) is 11.2. The fourth-order valence-corrected chi connectivity index (χ4v) is 4.77. The average Bonchev–Trinajstić information content (AvgIpc) is 3.16. The van der Waals surface area contributed by atoms with E-state index in [2.05, 4.69) is 0 Å². The van der Waals surface area contributed by atoms with Gasteiger partial charge in [-0.3, -0.25) is 14.4 Å². The molecule has 1 saturated heterocycles. The molecule has 7 heteroatoms. The van der Waals surface area contributed by atoms with Crippen LogP contribution in [0.25, 0.3) is 5.76 Å². The van der Waals surface area contributed by atoms with Crippen LogP contribution in [0.1, 0.15) is 30.0 Å². The number of Topliss-reactive ketones (excluding diaryl/α,β-unsaturated/α-hetero) is 1. The van der Waals surface area contributed by atoms with E-state index >= 15 is 0 Å². The topological polar surface area (TPSA) is 81.2 Å². The molecule has 1 spiro atoms. The van der Waals surface area contributed by atoms with Gasteiger partial charge in [-0.25, -0.2) is 0 Å². The van der Waals surface area contributed by atoms with Gasteiger partial charge < -0.3 is 19.8 Å². The van der Waals surface area contributed by atoms with Crippen LogP contribution in [0.3, 0.4) is 0 Å². The Labute approximate surface area is 193 Å². The maximum Gasteiger partial charge on any atom is 0.296 e. The second-order valence-electron chi connectivity index (χ2n) is 8.86. The number of benzene rings is 2. The molecular formula is C26H29N3O4. The van der Waals surface area contributed by atoms with Crippen molar-refractivity contribution in [1.82, 2.24) is 9.80 Å². The van der Waals surface area contributed by atoms with Gasteiger partial charge in [-0.2, -0.15) is 0 Å². The van der Waals surface area contributed by atoms with Gasteiger partial charge >= 0.3 is 0 Å². The number of carbonyl (C=O) groups is 3.